The highest BCUT2D eigenvalue weighted by atomic mass is 32.1. The topological polar surface area (TPSA) is 34.4 Å². The first kappa shape index (κ1) is 10.7. The maximum atomic E-state index is 11.8. The zero-order valence-electron chi connectivity index (χ0n) is 9.00. The van der Waals surface area contributed by atoms with E-state index in [0.717, 1.165) is 15.5 Å². The molecule has 0 radical (unpaired) electrons. The lowest BCUT2D eigenvalue weighted by Gasteiger charge is -1.95. The second-order valence-electron chi connectivity index (χ2n) is 3.80. The van der Waals surface area contributed by atoms with Crippen molar-refractivity contribution >= 4 is 33.4 Å². The summed E-state index contributed by atoms with van der Waals surface area (Å²) in [6.07, 6.45) is 4.83. The summed E-state index contributed by atoms with van der Waals surface area (Å²) in [5.41, 5.74) is 0.860. The average Bonchev–Trinajstić information content (AvgIpc) is 2.92. The van der Waals surface area contributed by atoms with E-state index in [2.05, 4.69) is 4.98 Å². The molecule has 0 fully saturated rings. The van der Waals surface area contributed by atoms with Crippen LogP contribution >= 0.6 is 22.7 Å². The lowest BCUT2D eigenvalue weighted by atomic mass is 10.1. The van der Waals surface area contributed by atoms with E-state index in [9.17, 15) is 4.79 Å². The molecule has 3 heterocycles. The molecule has 0 aliphatic heterocycles. The number of carbonyl (C=O) groups is 1. The highest BCUT2D eigenvalue weighted by molar-refractivity contribution is 7.15. The number of thiophene rings is 1. The zero-order chi connectivity index (χ0) is 11.7. The van der Waals surface area contributed by atoms with Crippen LogP contribution in [0.4, 0.5) is 0 Å². The molecule has 0 spiro atoms. The molecular weight excluding hydrogens is 252 g/mol. The summed E-state index contributed by atoms with van der Waals surface area (Å²) in [6.45, 7) is 0. The highest BCUT2D eigenvalue weighted by Crippen LogP contribution is 2.14. The number of Topliss-reactive ketones (excluding diaryl/α,β-unsaturated/α-hetero) is 1. The van der Waals surface area contributed by atoms with Gasteiger partial charge in [-0.1, -0.05) is 6.07 Å². The lowest BCUT2D eigenvalue weighted by molar-refractivity contribution is -0.117. The van der Waals surface area contributed by atoms with E-state index in [0.29, 0.717) is 12.8 Å². The van der Waals surface area contributed by atoms with Crippen LogP contribution in [0.3, 0.4) is 0 Å². The molecule has 0 N–H and O–H groups in total. The fourth-order valence-corrected chi connectivity index (χ4v) is 3.19. The van der Waals surface area contributed by atoms with Gasteiger partial charge in [0.25, 0.3) is 0 Å². The summed E-state index contributed by atoms with van der Waals surface area (Å²) in [4.78, 5) is 18.3. The highest BCUT2D eigenvalue weighted by Gasteiger charge is 2.09. The number of fused-ring (bicyclic) bond motifs is 1. The first-order chi connectivity index (χ1) is 8.31. The standard InChI is InChI=1S/C12H10N2OS2/c15-10(7-11-2-1-4-16-11)6-9-8-14-3-5-17-12(14)13-9/h1-5,8H,6-7H2. The number of aromatic nitrogens is 2. The van der Waals surface area contributed by atoms with E-state index in [1.165, 1.54) is 0 Å². The van der Waals surface area contributed by atoms with Crippen LogP contribution in [-0.2, 0) is 17.6 Å². The van der Waals surface area contributed by atoms with E-state index in [-0.39, 0.29) is 5.78 Å². The van der Waals surface area contributed by atoms with Crippen LogP contribution in [-0.4, -0.2) is 15.2 Å². The molecule has 0 saturated heterocycles. The van der Waals surface area contributed by atoms with Gasteiger partial charge < -0.3 is 0 Å². The van der Waals surface area contributed by atoms with E-state index in [1.807, 2.05) is 39.7 Å². The second-order valence-corrected chi connectivity index (χ2v) is 5.70. The number of thiazole rings is 1. The van der Waals surface area contributed by atoms with Crippen molar-refractivity contribution < 1.29 is 4.79 Å². The van der Waals surface area contributed by atoms with Gasteiger partial charge in [0.15, 0.2) is 4.96 Å². The summed E-state index contributed by atoms with van der Waals surface area (Å²) in [7, 11) is 0. The number of rotatable bonds is 4. The minimum absolute atomic E-state index is 0.221. The monoisotopic (exact) mass is 262 g/mol. The average molecular weight is 262 g/mol. The summed E-state index contributed by atoms with van der Waals surface area (Å²) < 4.78 is 1.96. The van der Waals surface area contributed by atoms with Crippen LogP contribution in [0.25, 0.3) is 4.96 Å². The van der Waals surface area contributed by atoms with Crippen LogP contribution < -0.4 is 0 Å². The van der Waals surface area contributed by atoms with Crippen LogP contribution in [0, 0.1) is 0 Å². The maximum absolute atomic E-state index is 11.8. The summed E-state index contributed by atoms with van der Waals surface area (Å²) in [5, 5.41) is 3.98. The second kappa shape index (κ2) is 4.43. The number of hydrogen-bond donors (Lipinski definition) is 0. The molecule has 0 aliphatic rings. The van der Waals surface area contributed by atoms with Gasteiger partial charge in [0, 0.05) is 29.1 Å². The largest absolute Gasteiger partial charge is 0.299 e. The van der Waals surface area contributed by atoms with Crippen molar-refractivity contribution in [1.82, 2.24) is 9.38 Å². The Hall–Kier alpha value is -1.46. The maximum Gasteiger partial charge on any atom is 0.193 e. The summed E-state index contributed by atoms with van der Waals surface area (Å²) in [6, 6.07) is 3.97. The predicted octanol–water partition coefficient (Wildman–Crippen LogP) is 2.81. The number of nitrogens with zero attached hydrogens (tertiary/aromatic N) is 2. The molecule has 0 aromatic carbocycles. The molecule has 0 bridgehead atoms. The van der Waals surface area contributed by atoms with Crippen LogP contribution in [0.2, 0.25) is 0 Å². The molecular formula is C12H10N2OS2. The van der Waals surface area contributed by atoms with E-state index >= 15 is 0 Å². The minimum Gasteiger partial charge on any atom is -0.299 e. The third-order valence-corrected chi connectivity index (χ3v) is 4.12. The van der Waals surface area contributed by atoms with Crippen molar-refractivity contribution in [2.75, 3.05) is 0 Å². The third kappa shape index (κ3) is 2.30. The van der Waals surface area contributed by atoms with E-state index in [4.69, 9.17) is 0 Å². The molecule has 0 aliphatic carbocycles. The molecule has 3 rings (SSSR count). The predicted molar refractivity (Wildman–Crippen MR) is 69.8 cm³/mol. The van der Waals surface area contributed by atoms with E-state index in [1.54, 1.807) is 22.7 Å². The first-order valence-corrected chi connectivity index (χ1v) is 7.02. The molecule has 3 aromatic rings. The van der Waals surface area contributed by atoms with Crippen molar-refractivity contribution in [2.24, 2.45) is 0 Å². The summed E-state index contributed by atoms with van der Waals surface area (Å²) >= 11 is 3.21. The van der Waals surface area contributed by atoms with Crippen LogP contribution in [0.1, 0.15) is 10.6 Å². The Morgan fingerprint density at radius 2 is 2.24 bits per heavy atom. The zero-order valence-corrected chi connectivity index (χ0v) is 10.6. The quantitative estimate of drug-likeness (QED) is 0.724. The molecule has 3 nitrogen and oxygen atoms in total. The molecule has 0 atom stereocenters. The van der Waals surface area contributed by atoms with Gasteiger partial charge in [0.1, 0.15) is 5.78 Å². The van der Waals surface area contributed by atoms with E-state index < -0.39 is 0 Å². The Morgan fingerprint density at radius 3 is 3.00 bits per heavy atom. The molecule has 86 valence electrons. The molecule has 5 heteroatoms. The van der Waals surface area contributed by atoms with Gasteiger partial charge in [-0.15, -0.1) is 22.7 Å². The smallest absolute Gasteiger partial charge is 0.193 e. The number of imidazole rings is 1. The molecule has 0 amide bonds. The molecule has 17 heavy (non-hydrogen) atoms. The van der Waals surface area contributed by atoms with Crippen LogP contribution in [0.15, 0.2) is 35.3 Å². The minimum atomic E-state index is 0.221. The van der Waals surface area contributed by atoms with Gasteiger partial charge in [-0.2, -0.15) is 0 Å². The Kier molecular flexibility index (Phi) is 2.78. The summed E-state index contributed by atoms with van der Waals surface area (Å²) in [5.74, 6) is 0.221. The number of ketones is 1. The van der Waals surface area contributed by atoms with Crippen LogP contribution in [0.5, 0.6) is 0 Å². The molecule has 0 unspecified atom stereocenters. The molecule has 3 aromatic heterocycles. The Bertz CT molecular complexity index is 608. The SMILES string of the molecule is O=C(Cc1cn2ccsc2n1)Cc1cccs1. The van der Waals surface area contributed by atoms with Gasteiger partial charge in [-0.05, 0) is 11.4 Å². The van der Waals surface area contributed by atoms with Crippen molar-refractivity contribution in [3.05, 3.63) is 45.9 Å². The van der Waals surface area contributed by atoms with Crippen molar-refractivity contribution in [1.29, 1.82) is 0 Å². The van der Waals surface area contributed by atoms with Crippen molar-refractivity contribution in [3.8, 4) is 0 Å². The number of hydrogen-bond acceptors (Lipinski definition) is 4. The van der Waals surface area contributed by atoms with Gasteiger partial charge in [0.05, 0.1) is 12.1 Å². The Morgan fingerprint density at radius 1 is 1.29 bits per heavy atom. The third-order valence-electron chi connectivity index (χ3n) is 2.47. The number of carbonyl (C=O) groups excluding carboxylic acids is 1. The normalized spacial score (nSPS) is 11.1. The fourth-order valence-electron chi connectivity index (χ4n) is 1.73. The molecule has 0 saturated carbocycles. The van der Waals surface area contributed by atoms with Gasteiger partial charge >= 0.3 is 0 Å². The first-order valence-electron chi connectivity index (χ1n) is 5.26. The van der Waals surface area contributed by atoms with Crippen molar-refractivity contribution in [2.45, 2.75) is 12.8 Å². The van der Waals surface area contributed by atoms with Gasteiger partial charge in [-0.25, -0.2) is 4.98 Å². The Balaban J connectivity index is 1.70. The van der Waals surface area contributed by atoms with Gasteiger partial charge in [-0.3, -0.25) is 9.20 Å². The Labute approximate surface area is 106 Å². The van der Waals surface area contributed by atoms with Gasteiger partial charge in [0.2, 0.25) is 0 Å². The lowest BCUT2D eigenvalue weighted by Crippen LogP contribution is -2.05. The fraction of sp³-hybridized carbons (Fsp3) is 0.167. The van der Waals surface area contributed by atoms with Crippen molar-refractivity contribution in [3.63, 3.8) is 0 Å².